The first-order chi connectivity index (χ1) is 12.0. The first-order valence-corrected chi connectivity index (χ1v) is 9.08. The number of aromatic nitrogens is 2. The van der Waals surface area contributed by atoms with Crippen LogP contribution in [0.3, 0.4) is 0 Å². The number of piperazine rings is 1. The summed E-state index contributed by atoms with van der Waals surface area (Å²) in [4.78, 5) is 16.9. The number of amides is 1. The summed E-state index contributed by atoms with van der Waals surface area (Å²) in [7, 11) is 0. The first-order valence-electron chi connectivity index (χ1n) is 9.08. The highest BCUT2D eigenvalue weighted by Gasteiger charge is 2.21. The number of aryl methyl sites for hydroxylation is 4. The molecule has 1 fully saturated rings. The standard InChI is InChI=1S/C20H28N4O/c1-16-6-4-5-7-19(16)15-22-10-12-23(13-11-22)20(25)8-9-24-18(3)14-17(2)21-24/h4-7,14H,8-13,15H2,1-3H3. The van der Waals surface area contributed by atoms with Crippen LogP contribution in [0.25, 0.3) is 0 Å². The number of rotatable bonds is 5. The summed E-state index contributed by atoms with van der Waals surface area (Å²) in [6, 6.07) is 10.6. The average molecular weight is 340 g/mol. The highest BCUT2D eigenvalue weighted by Crippen LogP contribution is 2.13. The third-order valence-electron chi connectivity index (χ3n) is 5.02. The van der Waals surface area contributed by atoms with Crippen molar-refractivity contribution >= 4 is 5.91 Å². The molecule has 1 aromatic carbocycles. The van der Waals surface area contributed by atoms with E-state index in [1.54, 1.807) is 0 Å². The molecule has 25 heavy (non-hydrogen) atoms. The smallest absolute Gasteiger partial charge is 0.224 e. The minimum Gasteiger partial charge on any atom is -0.340 e. The molecule has 0 spiro atoms. The maximum absolute atomic E-state index is 12.5. The summed E-state index contributed by atoms with van der Waals surface area (Å²) in [6.45, 7) is 11.4. The number of carbonyl (C=O) groups excluding carboxylic acids is 1. The van der Waals surface area contributed by atoms with Crippen LogP contribution in [-0.2, 0) is 17.9 Å². The Bertz CT molecular complexity index is 729. The van der Waals surface area contributed by atoms with E-state index < -0.39 is 0 Å². The van der Waals surface area contributed by atoms with Gasteiger partial charge in [-0.2, -0.15) is 5.10 Å². The fourth-order valence-electron chi connectivity index (χ4n) is 3.44. The van der Waals surface area contributed by atoms with Crippen LogP contribution in [0, 0.1) is 20.8 Å². The number of nitrogens with zero attached hydrogens (tertiary/aromatic N) is 4. The van der Waals surface area contributed by atoms with Gasteiger partial charge in [0.25, 0.3) is 0 Å². The molecule has 0 aliphatic carbocycles. The van der Waals surface area contributed by atoms with Crippen molar-refractivity contribution in [1.29, 1.82) is 0 Å². The van der Waals surface area contributed by atoms with E-state index in [-0.39, 0.29) is 5.91 Å². The van der Waals surface area contributed by atoms with Gasteiger partial charge in [0.05, 0.1) is 5.69 Å². The van der Waals surface area contributed by atoms with Gasteiger partial charge in [0.2, 0.25) is 5.91 Å². The molecule has 1 aliphatic rings. The van der Waals surface area contributed by atoms with Gasteiger partial charge in [-0.25, -0.2) is 0 Å². The van der Waals surface area contributed by atoms with Gasteiger partial charge in [-0.3, -0.25) is 14.4 Å². The third-order valence-corrected chi connectivity index (χ3v) is 5.02. The Morgan fingerprint density at radius 2 is 1.80 bits per heavy atom. The van der Waals surface area contributed by atoms with Crippen molar-refractivity contribution in [2.75, 3.05) is 26.2 Å². The van der Waals surface area contributed by atoms with E-state index in [0.29, 0.717) is 13.0 Å². The molecule has 1 saturated heterocycles. The van der Waals surface area contributed by atoms with E-state index >= 15 is 0 Å². The molecule has 0 N–H and O–H groups in total. The van der Waals surface area contributed by atoms with Gasteiger partial charge >= 0.3 is 0 Å². The van der Waals surface area contributed by atoms with Crippen molar-refractivity contribution in [1.82, 2.24) is 19.6 Å². The summed E-state index contributed by atoms with van der Waals surface area (Å²) >= 11 is 0. The topological polar surface area (TPSA) is 41.4 Å². The zero-order valence-electron chi connectivity index (χ0n) is 15.5. The van der Waals surface area contributed by atoms with Crippen LogP contribution in [0.15, 0.2) is 30.3 Å². The summed E-state index contributed by atoms with van der Waals surface area (Å²) in [6.07, 6.45) is 0.528. The van der Waals surface area contributed by atoms with Crippen molar-refractivity contribution in [2.45, 2.75) is 40.3 Å². The summed E-state index contributed by atoms with van der Waals surface area (Å²) in [5.74, 6) is 0.239. The quantitative estimate of drug-likeness (QED) is 0.840. The highest BCUT2D eigenvalue weighted by atomic mass is 16.2. The second kappa shape index (κ2) is 7.83. The van der Waals surface area contributed by atoms with E-state index in [9.17, 15) is 4.79 Å². The Morgan fingerprint density at radius 1 is 1.08 bits per heavy atom. The van der Waals surface area contributed by atoms with Gasteiger partial charge < -0.3 is 4.90 Å². The predicted molar refractivity (Wildman–Crippen MR) is 99.4 cm³/mol. The largest absolute Gasteiger partial charge is 0.340 e. The Hall–Kier alpha value is -2.14. The predicted octanol–water partition coefficient (Wildman–Crippen LogP) is 2.54. The van der Waals surface area contributed by atoms with E-state index in [1.807, 2.05) is 23.4 Å². The monoisotopic (exact) mass is 340 g/mol. The fourth-order valence-corrected chi connectivity index (χ4v) is 3.44. The molecule has 0 atom stereocenters. The summed E-state index contributed by atoms with van der Waals surface area (Å²) in [5.41, 5.74) is 4.85. The van der Waals surface area contributed by atoms with E-state index in [2.05, 4.69) is 47.3 Å². The summed E-state index contributed by atoms with van der Waals surface area (Å²) in [5, 5.41) is 4.43. The normalized spacial score (nSPS) is 15.6. The minimum atomic E-state index is 0.239. The Kier molecular flexibility index (Phi) is 5.53. The lowest BCUT2D eigenvalue weighted by Gasteiger charge is -2.35. The van der Waals surface area contributed by atoms with Crippen LogP contribution in [0.4, 0.5) is 0 Å². The van der Waals surface area contributed by atoms with Gasteiger partial charge in [-0.15, -0.1) is 0 Å². The maximum Gasteiger partial charge on any atom is 0.224 e. The van der Waals surface area contributed by atoms with E-state index in [4.69, 9.17) is 0 Å². The van der Waals surface area contributed by atoms with Crippen molar-refractivity contribution in [3.63, 3.8) is 0 Å². The van der Waals surface area contributed by atoms with Crippen LogP contribution >= 0.6 is 0 Å². The first kappa shape index (κ1) is 17.7. The number of hydrogen-bond donors (Lipinski definition) is 0. The maximum atomic E-state index is 12.5. The zero-order chi connectivity index (χ0) is 17.8. The number of carbonyl (C=O) groups is 1. The Morgan fingerprint density at radius 3 is 2.44 bits per heavy atom. The van der Waals surface area contributed by atoms with E-state index in [1.165, 1.54) is 11.1 Å². The van der Waals surface area contributed by atoms with Crippen LogP contribution in [-0.4, -0.2) is 51.7 Å². The second-order valence-corrected chi connectivity index (χ2v) is 6.98. The molecule has 1 aromatic heterocycles. The number of benzene rings is 1. The molecule has 0 bridgehead atoms. The van der Waals surface area contributed by atoms with Crippen molar-refractivity contribution in [3.8, 4) is 0 Å². The van der Waals surface area contributed by atoms with Gasteiger partial charge in [0.1, 0.15) is 0 Å². The van der Waals surface area contributed by atoms with Crippen LogP contribution in [0.2, 0.25) is 0 Å². The summed E-state index contributed by atoms with van der Waals surface area (Å²) < 4.78 is 1.93. The lowest BCUT2D eigenvalue weighted by molar-refractivity contribution is -0.133. The van der Waals surface area contributed by atoms with Gasteiger partial charge in [0.15, 0.2) is 0 Å². The molecular formula is C20H28N4O. The molecule has 2 heterocycles. The fraction of sp³-hybridized carbons (Fsp3) is 0.500. The highest BCUT2D eigenvalue weighted by molar-refractivity contribution is 5.76. The molecule has 1 amide bonds. The van der Waals surface area contributed by atoms with Crippen LogP contribution in [0.1, 0.15) is 28.9 Å². The zero-order valence-corrected chi connectivity index (χ0v) is 15.5. The van der Waals surface area contributed by atoms with Crippen molar-refractivity contribution in [3.05, 3.63) is 52.8 Å². The van der Waals surface area contributed by atoms with Crippen LogP contribution in [0.5, 0.6) is 0 Å². The van der Waals surface area contributed by atoms with Gasteiger partial charge in [-0.05, 0) is 38.0 Å². The molecule has 2 aromatic rings. The molecule has 5 heteroatoms. The molecule has 5 nitrogen and oxygen atoms in total. The third kappa shape index (κ3) is 4.48. The Labute approximate surface area is 150 Å². The molecule has 3 rings (SSSR count). The lowest BCUT2D eigenvalue weighted by atomic mass is 10.1. The SMILES string of the molecule is Cc1cc(C)n(CCC(=O)N2CCN(Cc3ccccc3C)CC2)n1. The van der Waals surface area contributed by atoms with Gasteiger partial charge in [-0.1, -0.05) is 24.3 Å². The van der Waals surface area contributed by atoms with Crippen molar-refractivity contribution in [2.24, 2.45) is 0 Å². The molecule has 0 saturated carbocycles. The molecule has 0 unspecified atom stereocenters. The second-order valence-electron chi connectivity index (χ2n) is 6.98. The molecular weight excluding hydrogens is 312 g/mol. The molecule has 134 valence electrons. The van der Waals surface area contributed by atoms with Gasteiger partial charge in [0, 0.05) is 51.4 Å². The van der Waals surface area contributed by atoms with Crippen molar-refractivity contribution < 1.29 is 4.79 Å². The lowest BCUT2D eigenvalue weighted by Crippen LogP contribution is -2.48. The molecule has 0 radical (unpaired) electrons. The Balaban J connectivity index is 1.46. The van der Waals surface area contributed by atoms with E-state index in [0.717, 1.165) is 44.1 Å². The molecule has 1 aliphatic heterocycles. The number of hydrogen-bond acceptors (Lipinski definition) is 3. The minimum absolute atomic E-state index is 0.239. The average Bonchev–Trinajstić information content (AvgIpc) is 2.93. The van der Waals surface area contributed by atoms with Crippen LogP contribution < -0.4 is 0 Å².